The number of hydrogen-bond acceptors (Lipinski definition) is 1. The van der Waals surface area contributed by atoms with Crippen LogP contribution >= 0.6 is 0 Å². The van der Waals surface area contributed by atoms with Crippen molar-refractivity contribution in [2.24, 2.45) is 5.92 Å². The molecule has 1 atom stereocenters. The zero-order valence-corrected chi connectivity index (χ0v) is 6.92. The van der Waals surface area contributed by atoms with Gasteiger partial charge in [-0.3, -0.25) is 4.79 Å². The minimum Gasteiger partial charge on any atom is -0.481 e. The van der Waals surface area contributed by atoms with Gasteiger partial charge in [-0.15, -0.1) is 0 Å². The summed E-state index contributed by atoms with van der Waals surface area (Å²) in [4.78, 5) is 10.4. The number of rotatable bonds is 6. The monoisotopic (exact) mass is 155 g/mol. The molecule has 0 aliphatic rings. The Hall–Kier alpha value is -0.790. The third-order valence-corrected chi connectivity index (χ3v) is 1.67. The van der Waals surface area contributed by atoms with Crippen molar-refractivity contribution in [3.05, 3.63) is 12.7 Å². The van der Waals surface area contributed by atoms with Crippen LogP contribution in [0.3, 0.4) is 0 Å². The maximum Gasteiger partial charge on any atom is 0.310 e. The molecule has 0 heterocycles. The van der Waals surface area contributed by atoms with E-state index in [1.54, 1.807) is 0 Å². The van der Waals surface area contributed by atoms with E-state index in [1.165, 1.54) is 6.08 Å². The van der Waals surface area contributed by atoms with Crippen LogP contribution in [-0.2, 0) is 4.79 Å². The van der Waals surface area contributed by atoms with Gasteiger partial charge in [0.15, 0.2) is 0 Å². The van der Waals surface area contributed by atoms with Crippen LogP contribution in [0.5, 0.6) is 0 Å². The SMILES string of the molecule is [CH]=CC(CCCCC)C(=O)O. The maximum atomic E-state index is 10.4. The summed E-state index contributed by atoms with van der Waals surface area (Å²) >= 11 is 0. The molecule has 2 nitrogen and oxygen atoms in total. The van der Waals surface area contributed by atoms with E-state index in [9.17, 15) is 4.79 Å². The highest BCUT2D eigenvalue weighted by Crippen LogP contribution is 2.10. The molecule has 0 aromatic rings. The van der Waals surface area contributed by atoms with E-state index < -0.39 is 11.9 Å². The molecule has 0 fully saturated rings. The highest BCUT2D eigenvalue weighted by Gasteiger charge is 2.11. The Bertz CT molecular complexity index is 130. The number of hydrogen-bond donors (Lipinski definition) is 1. The number of carbonyl (C=O) groups is 1. The van der Waals surface area contributed by atoms with Gasteiger partial charge in [0.1, 0.15) is 0 Å². The predicted octanol–water partition coefficient (Wildman–Crippen LogP) is 2.26. The molecule has 0 saturated carbocycles. The van der Waals surface area contributed by atoms with E-state index in [0.29, 0.717) is 6.42 Å². The van der Waals surface area contributed by atoms with E-state index in [0.717, 1.165) is 19.3 Å². The minimum absolute atomic E-state index is 0.457. The van der Waals surface area contributed by atoms with Crippen LogP contribution in [-0.4, -0.2) is 11.1 Å². The normalized spacial score (nSPS) is 12.5. The summed E-state index contributed by atoms with van der Waals surface area (Å²) in [5, 5.41) is 8.56. The fraction of sp³-hybridized carbons (Fsp3) is 0.667. The minimum atomic E-state index is -0.816. The van der Waals surface area contributed by atoms with Crippen LogP contribution in [0, 0.1) is 12.5 Å². The third-order valence-electron chi connectivity index (χ3n) is 1.67. The predicted molar refractivity (Wildman–Crippen MR) is 44.1 cm³/mol. The standard InChI is InChI=1S/C9H15O2/c1-3-5-6-7-8(4-2)9(10)11/h2,4,8H,3,5-7H2,1H3,(H,10,11). The average molecular weight is 155 g/mol. The second kappa shape index (κ2) is 5.96. The zero-order valence-electron chi connectivity index (χ0n) is 6.92. The molecule has 0 aromatic carbocycles. The lowest BCUT2D eigenvalue weighted by molar-refractivity contribution is -0.140. The summed E-state index contributed by atoms with van der Waals surface area (Å²) in [6.07, 6.45) is 5.06. The highest BCUT2D eigenvalue weighted by molar-refractivity contribution is 5.71. The quantitative estimate of drug-likeness (QED) is 0.597. The molecule has 0 amide bonds. The lowest BCUT2D eigenvalue weighted by Crippen LogP contribution is -2.10. The average Bonchev–Trinajstić information content (AvgIpc) is 1.97. The summed E-state index contributed by atoms with van der Waals surface area (Å²) in [5.74, 6) is -1.27. The van der Waals surface area contributed by atoms with Gasteiger partial charge in [0.2, 0.25) is 0 Å². The second-order valence-electron chi connectivity index (χ2n) is 2.63. The topological polar surface area (TPSA) is 37.3 Å². The molecule has 0 aliphatic heterocycles. The highest BCUT2D eigenvalue weighted by atomic mass is 16.4. The summed E-state index contributed by atoms with van der Waals surface area (Å²) in [7, 11) is 0. The number of aliphatic carboxylic acids is 1. The fourth-order valence-electron chi connectivity index (χ4n) is 0.916. The van der Waals surface area contributed by atoms with Crippen molar-refractivity contribution in [1.29, 1.82) is 0 Å². The summed E-state index contributed by atoms with van der Waals surface area (Å²) in [5.41, 5.74) is 0. The van der Waals surface area contributed by atoms with Gasteiger partial charge in [-0.1, -0.05) is 38.8 Å². The Morgan fingerprint density at radius 3 is 2.64 bits per heavy atom. The Kier molecular flexibility index (Phi) is 5.53. The van der Waals surface area contributed by atoms with Crippen molar-refractivity contribution in [1.82, 2.24) is 0 Å². The molecular formula is C9H15O2. The molecule has 0 aliphatic carbocycles. The zero-order chi connectivity index (χ0) is 8.69. The molecule has 1 unspecified atom stereocenters. The first-order valence-electron chi connectivity index (χ1n) is 4.00. The van der Waals surface area contributed by atoms with E-state index in [1.807, 2.05) is 0 Å². The Balaban J connectivity index is 3.52. The molecule has 0 bridgehead atoms. The Morgan fingerprint density at radius 1 is 1.64 bits per heavy atom. The van der Waals surface area contributed by atoms with Crippen molar-refractivity contribution in [3.63, 3.8) is 0 Å². The first-order chi connectivity index (χ1) is 5.22. The van der Waals surface area contributed by atoms with Crippen LogP contribution in [0.2, 0.25) is 0 Å². The molecular weight excluding hydrogens is 140 g/mol. The Morgan fingerprint density at radius 2 is 2.27 bits per heavy atom. The molecule has 2 heteroatoms. The smallest absolute Gasteiger partial charge is 0.310 e. The molecule has 0 spiro atoms. The molecule has 0 saturated heterocycles. The van der Waals surface area contributed by atoms with Crippen LogP contribution < -0.4 is 0 Å². The van der Waals surface area contributed by atoms with Crippen LogP contribution in [0.4, 0.5) is 0 Å². The summed E-state index contributed by atoms with van der Waals surface area (Å²) in [6, 6.07) is 0. The second-order valence-corrected chi connectivity index (χ2v) is 2.63. The number of carboxylic acid groups (broad SMARTS) is 1. The van der Waals surface area contributed by atoms with Gasteiger partial charge in [0.25, 0.3) is 0 Å². The summed E-state index contributed by atoms with van der Waals surface area (Å²) < 4.78 is 0. The molecule has 11 heavy (non-hydrogen) atoms. The molecule has 1 N–H and O–H groups in total. The van der Waals surface area contributed by atoms with Crippen LogP contribution in [0.25, 0.3) is 0 Å². The Labute approximate surface area is 67.9 Å². The first kappa shape index (κ1) is 10.2. The van der Waals surface area contributed by atoms with Crippen molar-refractivity contribution >= 4 is 5.97 Å². The summed E-state index contributed by atoms with van der Waals surface area (Å²) in [6.45, 7) is 7.24. The van der Waals surface area contributed by atoms with Gasteiger partial charge in [0, 0.05) is 0 Å². The fourth-order valence-corrected chi connectivity index (χ4v) is 0.916. The van der Waals surface area contributed by atoms with E-state index in [4.69, 9.17) is 11.7 Å². The van der Waals surface area contributed by atoms with Gasteiger partial charge in [0.05, 0.1) is 5.92 Å². The van der Waals surface area contributed by atoms with E-state index in [-0.39, 0.29) is 0 Å². The van der Waals surface area contributed by atoms with Gasteiger partial charge >= 0.3 is 5.97 Å². The van der Waals surface area contributed by atoms with Gasteiger partial charge in [-0.25, -0.2) is 0 Å². The number of carboxylic acids is 1. The van der Waals surface area contributed by atoms with Crippen LogP contribution in [0.1, 0.15) is 32.6 Å². The first-order valence-corrected chi connectivity index (χ1v) is 4.00. The van der Waals surface area contributed by atoms with Crippen molar-refractivity contribution in [3.8, 4) is 0 Å². The van der Waals surface area contributed by atoms with Crippen molar-refractivity contribution in [2.45, 2.75) is 32.6 Å². The van der Waals surface area contributed by atoms with Gasteiger partial charge < -0.3 is 5.11 Å². The number of unbranched alkanes of at least 4 members (excludes halogenated alkanes) is 2. The molecule has 1 radical (unpaired) electrons. The molecule has 0 rings (SSSR count). The van der Waals surface area contributed by atoms with Crippen molar-refractivity contribution in [2.75, 3.05) is 0 Å². The largest absolute Gasteiger partial charge is 0.481 e. The van der Waals surface area contributed by atoms with E-state index in [2.05, 4.69) is 6.92 Å². The van der Waals surface area contributed by atoms with E-state index >= 15 is 0 Å². The van der Waals surface area contributed by atoms with Gasteiger partial charge in [-0.05, 0) is 6.42 Å². The van der Waals surface area contributed by atoms with Gasteiger partial charge in [-0.2, -0.15) is 0 Å². The maximum absolute atomic E-state index is 10.4. The molecule has 63 valence electrons. The van der Waals surface area contributed by atoms with Crippen LogP contribution in [0.15, 0.2) is 6.08 Å². The molecule has 0 aromatic heterocycles. The lowest BCUT2D eigenvalue weighted by atomic mass is 10.0. The lowest BCUT2D eigenvalue weighted by Gasteiger charge is -2.04. The van der Waals surface area contributed by atoms with Crippen molar-refractivity contribution < 1.29 is 9.90 Å². The third kappa shape index (κ3) is 4.59.